The normalized spacial score (nSPS) is 11.3. The molecule has 3 rings (SSSR count). The predicted octanol–water partition coefficient (Wildman–Crippen LogP) is 8.65. The maximum atomic E-state index is 12.5. The third-order valence-electron chi connectivity index (χ3n) is 7.17. The lowest BCUT2D eigenvalue weighted by molar-refractivity contribution is 0.0233. The van der Waals surface area contributed by atoms with Gasteiger partial charge in [-0.1, -0.05) is 108 Å². The van der Waals surface area contributed by atoms with E-state index in [1.54, 1.807) is 0 Å². The van der Waals surface area contributed by atoms with Gasteiger partial charge in [0.25, 0.3) is 5.91 Å². The summed E-state index contributed by atoms with van der Waals surface area (Å²) >= 11 is 0. The Morgan fingerprint density at radius 1 is 0.789 bits per heavy atom. The number of hydrogen-bond acceptors (Lipinski definition) is 4. The second-order valence-electron chi connectivity index (χ2n) is 10.3. The quantitative estimate of drug-likeness (QED) is 0.116. The summed E-state index contributed by atoms with van der Waals surface area (Å²) in [4.78, 5) is 18.3. The maximum absolute atomic E-state index is 12.5. The fourth-order valence-electron chi connectivity index (χ4n) is 4.79. The Kier molecular flexibility index (Phi) is 14.0. The molecule has 1 aromatic heterocycles. The molecule has 0 bridgehead atoms. The lowest BCUT2D eigenvalue weighted by Crippen LogP contribution is -2.24. The van der Waals surface area contributed by atoms with Crippen molar-refractivity contribution >= 4 is 16.9 Å². The molecule has 1 heterocycles. The molecule has 0 unspecified atom stereocenters. The zero-order valence-electron chi connectivity index (χ0n) is 23.7. The molecule has 0 fully saturated rings. The van der Waals surface area contributed by atoms with Gasteiger partial charge in [0.05, 0.1) is 6.61 Å². The number of fused-ring (bicyclic) bond motifs is 1. The first-order chi connectivity index (χ1) is 18.7. The highest BCUT2D eigenvalue weighted by Gasteiger charge is 2.14. The number of hydrogen-bond donors (Lipinski definition) is 2. The molecule has 5 heteroatoms. The van der Waals surface area contributed by atoms with Crippen LogP contribution < -0.4 is 10.8 Å². The number of hydroxylamine groups is 1. The fraction of sp³-hybridized carbons (Fsp3) is 0.545. The van der Waals surface area contributed by atoms with Crippen molar-refractivity contribution in [2.45, 2.75) is 110 Å². The fourth-order valence-corrected chi connectivity index (χ4v) is 4.79. The number of nitrogens with one attached hydrogen (secondary N) is 2. The third-order valence-corrected chi connectivity index (χ3v) is 7.17. The summed E-state index contributed by atoms with van der Waals surface area (Å²) in [6, 6.07) is 15.9. The van der Waals surface area contributed by atoms with Crippen molar-refractivity contribution in [2.24, 2.45) is 0 Å². The van der Waals surface area contributed by atoms with Gasteiger partial charge >= 0.3 is 0 Å². The minimum Gasteiger partial charge on any atom is -0.461 e. The van der Waals surface area contributed by atoms with Gasteiger partial charge in [0.15, 0.2) is 0 Å². The van der Waals surface area contributed by atoms with Gasteiger partial charge in [-0.25, -0.2) is 0 Å². The van der Waals surface area contributed by atoms with Gasteiger partial charge < -0.3 is 9.73 Å². The summed E-state index contributed by atoms with van der Waals surface area (Å²) in [5, 5.41) is 4.18. The molecule has 0 atom stereocenters. The van der Waals surface area contributed by atoms with E-state index in [1.165, 1.54) is 57.8 Å². The molecule has 0 spiro atoms. The van der Waals surface area contributed by atoms with Gasteiger partial charge in [-0.05, 0) is 36.6 Å². The second-order valence-corrected chi connectivity index (χ2v) is 10.3. The highest BCUT2D eigenvalue weighted by molar-refractivity contribution is 5.94. The van der Waals surface area contributed by atoms with Crippen LogP contribution in [0.5, 0.6) is 0 Å². The molecule has 0 radical (unpaired) electrons. The van der Waals surface area contributed by atoms with Crippen molar-refractivity contribution in [3.8, 4) is 0 Å². The number of carbonyl (C=O) groups is 1. The van der Waals surface area contributed by atoms with E-state index < -0.39 is 0 Å². The van der Waals surface area contributed by atoms with Crippen molar-refractivity contribution in [3.63, 3.8) is 0 Å². The SMILES string of the molecule is CCCCCCCCCCCCNC(=O)c1ccc(CNOCc2c(CCCC)oc3ccccc23)cc1. The molecule has 0 saturated carbocycles. The average Bonchev–Trinajstić information content (AvgIpc) is 3.30. The van der Waals surface area contributed by atoms with E-state index in [-0.39, 0.29) is 5.91 Å². The molecule has 2 N–H and O–H groups in total. The number of amides is 1. The molecule has 2 aromatic carbocycles. The average molecular weight is 521 g/mol. The number of aryl methyl sites for hydroxylation is 1. The Hall–Kier alpha value is -2.63. The van der Waals surface area contributed by atoms with Crippen LogP contribution in [0.2, 0.25) is 0 Å². The second kappa shape index (κ2) is 17.8. The van der Waals surface area contributed by atoms with E-state index in [0.29, 0.717) is 18.7 Å². The van der Waals surface area contributed by atoms with E-state index >= 15 is 0 Å². The Morgan fingerprint density at radius 2 is 1.45 bits per heavy atom. The number of para-hydroxylation sites is 1. The molecule has 208 valence electrons. The predicted molar refractivity (Wildman–Crippen MR) is 157 cm³/mol. The van der Waals surface area contributed by atoms with Gasteiger partial charge in [-0.3, -0.25) is 9.63 Å². The molecular weight excluding hydrogens is 472 g/mol. The summed E-state index contributed by atoms with van der Waals surface area (Å²) in [5.41, 5.74) is 6.88. The van der Waals surface area contributed by atoms with Crippen LogP contribution in [-0.2, 0) is 24.4 Å². The van der Waals surface area contributed by atoms with Crippen molar-refractivity contribution in [1.29, 1.82) is 0 Å². The van der Waals surface area contributed by atoms with Gasteiger partial charge in [0, 0.05) is 36.0 Å². The zero-order chi connectivity index (χ0) is 26.8. The summed E-state index contributed by atoms with van der Waals surface area (Å²) in [7, 11) is 0. The van der Waals surface area contributed by atoms with E-state index in [2.05, 4.69) is 30.7 Å². The lowest BCUT2D eigenvalue weighted by atomic mass is 10.1. The molecule has 5 nitrogen and oxygen atoms in total. The monoisotopic (exact) mass is 520 g/mol. The molecule has 0 aliphatic carbocycles. The van der Waals surface area contributed by atoms with Crippen molar-refractivity contribution in [1.82, 2.24) is 10.8 Å². The molecule has 0 aliphatic rings. The first kappa shape index (κ1) is 29.9. The largest absolute Gasteiger partial charge is 0.461 e. The Balaban J connectivity index is 1.31. The van der Waals surface area contributed by atoms with E-state index in [4.69, 9.17) is 9.25 Å². The van der Waals surface area contributed by atoms with E-state index in [1.807, 2.05) is 42.5 Å². The summed E-state index contributed by atoms with van der Waals surface area (Å²) in [5.74, 6) is 1.02. The van der Waals surface area contributed by atoms with Crippen LogP contribution in [0, 0.1) is 0 Å². The van der Waals surface area contributed by atoms with Crippen molar-refractivity contribution in [2.75, 3.05) is 6.54 Å². The molecule has 3 aromatic rings. The van der Waals surface area contributed by atoms with Crippen LogP contribution in [0.1, 0.15) is 118 Å². The number of carbonyl (C=O) groups excluding carboxylic acids is 1. The van der Waals surface area contributed by atoms with Crippen LogP contribution in [0.3, 0.4) is 0 Å². The first-order valence-corrected chi connectivity index (χ1v) is 14.9. The summed E-state index contributed by atoms with van der Waals surface area (Å²) in [6.45, 7) is 6.22. The highest BCUT2D eigenvalue weighted by Crippen LogP contribution is 2.27. The molecular formula is C33H48N2O3. The standard InChI is InChI=1S/C33H48N2O3/c1-3-5-7-8-9-10-11-12-13-16-24-34-33(36)28-22-20-27(21-23-28)25-35-37-26-30-29-17-14-15-19-31(29)38-32(30)18-6-4-2/h14-15,17,19-23,35H,3-13,16,18,24-26H2,1-2H3,(H,34,36). The minimum atomic E-state index is 0.00290. The Morgan fingerprint density at radius 3 is 2.16 bits per heavy atom. The third kappa shape index (κ3) is 10.3. The molecule has 0 saturated heterocycles. The minimum absolute atomic E-state index is 0.00290. The smallest absolute Gasteiger partial charge is 0.251 e. The van der Waals surface area contributed by atoms with Crippen LogP contribution in [0.15, 0.2) is 52.9 Å². The summed E-state index contributed by atoms with van der Waals surface area (Å²) in [6.07, 6.45) is 16.1. The van der Waals surface area contributed by atoms with Gasteiger partial charge in [0.1, 0.15) is 11.3 Å². The maximum Gasteiger partial charge on any atom is 0.251 e. The molecule has 1 amide bonds. The first-order valence-electron chi connectivity index (χ1n) is 14.9. The van der Waals surface area contributed by atoms with Crippen molar-refractivity contribution < 1.29 is 14.0 Å². The highest BCUT2D eigenvalue weighted by atomic mass is 16.6. The number of unbranched alkanes of at least 4 members (excludes halogenated alkanes) is 10. The van der Waals surface area contributed by atoms with Crippen molar-refractivity contribution in [3.05, 3.63) is 71.0 Å². The summed E-state index contributed by atoms with van der Waals surface area (Å²) < 4.78 is 6.08. The molecule has 0 aliphatic heterocycles. The molecule has 38 heavy (non-hydrogen) atoms. The topological polar surface area (TPSA) is 63.5 Å². The number of furan rings is 1. The number of rotatable bonds is 20. The number of benzene rings is 2. The van der Waals surface area contributed by atoms with Crippen LogP contribution >= 0.6 is 0 Å². The van der Waals surface area contributed by atoms with Gasteiger partial charge in [-0.2, -0.15) is 5.48 Å². The van der Waals surface area contributed by atoms with E-state index in [0.717, 1.165) is 60.1 Å². The lowest BCUT2D eigenvalue weighted by Gasteiger charge is -2.09. The van der Waals surface area contributed by atoms with Crippen LogP contribution in [0.25, 0.3) is 11.0 Å². The Bertz CT molecular complexity index is 1060. The Labute approximate surface area is 229 Å². The van der Waals surface area contributed by atoms with Gasteiger partial charge in [-0.15, -0.1) is 0 Å². The zero-order valence-corrected chi connectivity index (χ0v) is 23.7. The van der Waals surface area contributed by atoms with E-state index in [9.17, 15) is 4.79 Å². The van der Waals surface area contributed by atoms with Gasteiger partial charge in [0.2, 0.25) is 0 Å². The van der Waals surface area contributed by atoms with Crippen LogP contribution in [0.4, 0.5) is 0 Å². The van der Waals surface area contributed by atoms with Crippen LogP contribution in [-0.4, -0.2) is 12.5 Å².